The zero-order valence-corrected chi connectivity index (χ0v) is 10.6. The summed E-state index contributed by atoms with van der Waals surface area (Å²) < 4.78 is 0.590. The lowest BCUT2D eigenvalue weighted by atomic mass is 10.2. The van der Waals surface area contributed by atoms with Crippen molar-refractivity contribution in [1.82, 2.24) is 0 Å². The first-order valence-corrected chi connectivity index (χ1v) is 6.10. The molecule has 1 N–H and O–H groups in total. The molecule has 0 saturated carbocycles. The van der Waals surface area contributed by atoms with Crippen LogP contribution in [0.15, 0.2) is 36.4 Å². The molecule has 1 amide bonds. The molecule has 1 aromatic heterocycles. The Bertz CT molecular complexity index is 536. The van der Waals surface area contributed by atoms with Crippen molar-refractivity contribution in [2.24, 2.45) is 0 Å². The maximum absolute atomic E-state index is 12.1. The molecular formula is C12H10ClNO2S. The van der Waals surface area contributed by atoms with Gasteiger partial charge in [0.15, 0.2) is 0 Å². The van der Waals surface area contributed by atoms with Gasteiger partial charge in [0.2, 0.25) is 0 Å². The first-order valence-electron chi connectivity index (χ1n) is 4.90. The number of benzene rings is 1. The van der Waals surface area contributed by atoms with E-state index in [9.17, 15) is 9.90 Å². The summed E-state index contributed by atoms with van der Waals surface area (Å²) in [5, 5.41) is 9.18. The zero-order chi connectivity index (χ0) is 12.4. The number of phenols is 1. The number of rotatable bonds is 2. The third kappa shape index (κ3) is 2.60. The lowest BCUT2D eigenvalue weighted by Crippen LogP contribution is -2.25. The smallest absolute Gasteiger partial charge is 0.268 e. The maximum atomic E-state index is 12.1. The van der Waals surface area contributed by atoms with Crippen LogP contribution in [0.5, 0.6) is 5.75 Å². The summed E-state index contributed by atoms with van der Waals surface area (Å²) in [4.78, 5) is 14.2. The Labute approximate surface area is 108 Å². The van der Waals surface area contributed by atoms with Crippen LogP contribution >= 0.6 is 22.9 Å². The fraction of sp³-hybridized carbons (Fsp3) is 0.0833. The molecule has 17 heavy (non-hydrogen) atoms. The van der Waals surface area contributed by atoms with Crippen LogP contribution < -0.4 is 4.90 Å². The summed E-state index contributed by atoms with van der Waals surface area (Å²) in [5.74, 6) is 0.0568. The minimum Gasteiger partial charge on any atom is -0.508 e. The average Bonchev–Trinajstić information content (AvgIpc) is 2.75. The van der Waals surface area contributed by atoms with Crippen LogP contribution in [0.25, 0.3) is 0 Å². The summed E-state index contributed by atoms with van der Waals surface area (Å²) in [7, 11) is 1.68. The van der Waals surface area contributed by atoms with E-state index in [2.05, 4.69) is 0 Å². The number of amides is 1. The second-order valence-electron chi connectivity index (χ2n) is 3.48. The van der Waals surface area contributed by atoms with Gasteiger partial charge in [0, 0.05) is 12.7 Å². The highest BCUT2D eigenvalue weighted by atomic mass is 35.5. The van der Waals surface area contributed by atoms with E-state index in [0.29, 0.717) is 9.21 Å². The van der Waals surface area contributed by atoms with Crippen molar-refractivity contribution >= 4 is 34.5 Å². The van der Waals surface area contributed by atoms with Gasteiger partial charge in [-0.1, -0.05) is 11.6 Å². The van der Waals surface area contributed by atoms with Gasteiger partial charge < -0.3 is 10.0 Å². The number of hydrogen-bond donors (Lipinski definition) is 1. The Morgan fingerprint density at radius 1 is 1.24 bits per heavy atom. The molecule has 0 spiro atoms. The molecule has 0 unspecified atom stereocenters. The second-order valence-corrected chi connectivity index (χ2v) is 5.20. The number of halogens is 1. The van der Waals surface area contributed by atoms with Gasteiger partial charge in [-0.3, -0.25) is 4.79 Å². The van der Waals surface area contributed by atoms with Crippen molar-refractivity contribution in [3.8, 4) is 5.75 Å². The number of nitrogens with zero attached hydrogens (tertiary/aromatic N) is 1. The van der Waals surface area contributed by atoms with E-state index in [-0.39, 0.29) is 11.7 Å². The van der Waals surface area contributed by atoms with Crippen molar-refractivity contribution < 1.29 is 9.90 Å². The highest BCUT2D eigenvalue weighted by Gasteiger charge is 2.15. The topological polar surface area (TPSA) is 40.5 Å². The van der Waals surface area contributed by atoms with Crippen molar-refractivity contribution in [1.29, 1.82) is 0 Å². The molecule has 0 atom stereocenters. The Balaban J connectivity index is 2.23. The number of hydrogen-bond acceptors (Lipinski definition) is 3. The van der Waals surface area contributed by atoms with Crippen molar-refractivity contribution in [2.75, 3.05) is 11.9 Å². The van der Waals surface area contributed by atoms with E-state index >= 15 is 0 Å². The minimum absolute atomic E-state index is 0.118. The normalized spacial score (nSPS) is 10.2. The molecular weight excluding hydrogens is 258 g/mol. The third-order valence-electron chi connectivity index (χ3n) is 2.33. The van der Waals surface area contributed by atoms with Gasteiger partial charge in [0.1, 0.15) is 5.75 Å². The summed E-state index contributed by atoms with van der Waals surface area (Å²) in [6.45, 7) is 0. The van der Waals surface area contributed by atoms with Crippen molar-refractivity contribution in [3.05, 3.63) is 45.6 Å². The Morgan fingerprint density at radius 2 is 1.88 bits per heavy atom. The SMILES string of the molecule is CN(C(=O)c1ccc(Cl)s1)c1ccc(O)cc1. The quantitative estimate of drug-likeness (QED) is 0.906. The van der Waals surface area contributed by atoms with Gasteiger partial charge >= 0.3 is 0 Å². The highest BCUT2D eigenvalue weighted by Crippen LogP contribution is 2.25. The molecule has 1 heterocycles. The molecule has 0 fully saturated rings. The number of carbonyl (C=O) groups excluding carboxylic acids is 1. The van der Waals surface area contributed by atoms with Crippen LogP contribution in [-0.4, -0.2) is 18.1 Å². The number of anilines is 1. The highest BCUT2D eigenvalue weighted by molar-refractivity contribution is 7.18. The van der Waals surface area contributed by atoms with Crippen LogP contribution in [0.2, 0.25) is 4.34 Å². The number of carbonyl (C=O) groups is 1. The molecule has 0 radical (unpaired) electrons. The van der Waals surface area contributed by atoms with Crippen LogP contribution in [0.3, 0.4) is 0 Å². The Hall–Kier alpha value is -1.52. The lowest BCUT2D eigenvalue weighted by molar-refractivity contribution is 0.0997. The van der Waals surface area contributed by atoms with Gasteiger partial charge in [-0.15, -0.1) is 11.3 Å². The number of thiophene rings is 1. The molecule has 5 heteroatoms. The molecule has 2 rings (SSSR count). The second kappa shape index (κ2) is 4.77. The van der Waals surface area contributed by atoms with E-state index in [0.717, 1.165) is 5.69 Å². The van der Waals surface area contributed by atoms with Crippen molar-refractivity contribution in [3.63, 3.8) is 0 Å². The van der Waals surface area contributed by atoms with E-state index < -0.39 is 0 Å². The molecule has 0 aliphatic carbocycles. The summed E-state index contributed by atoms with van der Waals surface area (Å²) in [6, 6.07) is 9.85. The molecule has 0 aliphatic heterocycles. The molecule has 3 nitrogen and oxygen atoms in total. The lowest BCUT2D eigenvalue weighted by Gasteiger charge is -2.16. The molecule has 0 bridgehead atoms. The number of phenolic OH excluding ortho intramolecular Hbond substituents is 1. The van der Waals surface area contributed by atoms with Crippen LogP contribution in [0, 0.1) is 0 Å². The molecule has 0 saturated heterocycles. The summed E-state index contributed by atoms with van der Waals surface area (Å²) >= 11 is 7.04. The third-order valence-corrected chi connectivity index (χ3v) is 3.54. The van der Waals surface area contributed by atoms with E-state index in [1.807, 2.05) is 0 Å². The largest absolute Gasteiger partial charge is 0.508 e. The standard InChI is InChI=1S/C12H10ClNO2S/c1-14(8-2-4-9(15)5-3-8)12(16)10-6-7-11(13)17-10/h2-7,15H,1H3. The molecule has 2 aromatic rings. The predicted molar refractivity (Wildman–Crippen MR) is 70.2 cm³/mol. The minimum atomic E-state index is -0.118. The average molecular weight is 268 g/mol. The summed E-state index contributed by atoms with van der Waals surface area (Å²) in [5.41, 5.74) is 0.720. The van der Waals surface area contributed by atoms with E-state index in [1.165, 1.54) is 16.2 Å². The molecule has 0 aliphatic rings. The monoisotopic (exact) mass is 267 g/mol. The van der Waals surface area contributed by atoms with Gasteiger partial charge in [-0.2, -0.15) is 0 Å². The van der Waals surface area contributed by atoms with Crippen LogP contribution in [0.4, 0.5) is 5.69 Å². The van der Waals surface area contributed by atoms with Gasteiger partial charge in [-0.05, 0) is 36.4 Å². The molecule has 1 aromatic carbocycles. The van der Waals surface area contributed by atoms with E-state index in [1.54, 1.807) is 43.4 Å². The van der Waals surface area contributed by atoms with Crippen LogP contribution in [0.1, 0.15) is 9.67 Å². The Kier molecular flexibility index (Phi) is 3.36. The summed E-state index contributed by atoms with van der Waals surface area (Å²) in [6.07, 6.45) is 0. The fourth-order valence-corrected chi connectivity index (χ4v) is 2.41. The number of aromatic hydroxyl groups is 1. The first-order chi connectivity index (χ1) is 8.08. The first kappa shape index (κ1) is 12.0. The van der Waals surface area contributed by atoms with Gasteiger partial charge in [0.25, 0.3) is 5.91 Å². The zero-order valence-electron chi connectivity index (χ0n) is 9.05. The van der Waals surface area contributed by atoms with Gasteiger partial charge in [-0.25, -0.2) is 0 Å². The van der Waals surface area contributed by atoms with Crippen molar-refractivity contribution in [2.45, 2.75) is 0 Å². The Morgan fingerprint density at radius 3 is 2.41 bits per heavy atom. The molecule has 88 valence electrons. The van der Waals surface area contributed by atoms with Gasteiger partial charge in [0.05, 0.1) is 9.21 Å². The predicted octanol–water partition coefficient (Wildman–Crippen LogP) is 3.38. The van der Waals surface area contributed by atoms with Crippen LogP contribution in [-0.2, 0) is 0 Å². The fourth-order valence-electron chi connectivity index (χ4n) is 1.39. The van der Waals surface area contributed by atoms with E-state index in [4.69, 9.17) is 11.6 Å². The maximum Gasteiger partial charge on any atom is 0.268 e.